The fourth-order valence-electron chi connectivity index (χ4n) is 0. The molecule has 23 nitrogen and oxygen atoms in total. The SMILES string of the molecule is N.N.N.N.N.N.N.N.N.N.N.OB(O)O.OB(O)O.OB(O)O.OB(O)O. The second-order valence-corrected chi connectivity index (χ2v) is 1.39. The summed E-state index contributed by atoms with van der Waals surface area (Å²) in [6.07, 6.45) is 0. The van der Waals surface area contributed by atoms with Crippen molar-refractivity contribution in [1.82, 2.24) is 67.7 Å². The van der Waals surface area contributed by atoms with Gasteiger partial charge in [-0.1, -0.05) is 0 Å². The van der Waals surface area contributed by atoms with Gasteiger partial charge in [-0.2, -0.15) is 0 Å². The van der Waals surface area contributed by atoms with E-state index in [0.717, 1.165) is 0 Å². The molecule has 27 heteroatoms. The molecule has 0 fully saturated rings. The Bertz CT molecular complexity index is 82.3. The first-order chi connectivity index (χ1) is 6.93. The molecule has 0 aromatic rings. The third-order valence-corrected chi connectivity index (χ3v) is 0. The summed E-state index contributed by atoms with van der Waals surface area (Å²) in [6, 6.07) is 0. The second-order valence-electron chi connectivity index (χ2n) is 1.39. The Hall–Kier alpha value is -0.660. The maximum Gasteiger partial charge on any atom is 0.631 e. The zero-order valence-corrected chi connectivity index (χ0v) is 15.5. The van der Waals surface area contributed by atoms with Gasteiger partial charge in [0.25, 0.3) is 0 Å². The minimum Gasteiger partial charge on any atom is -0.402 e. The third kappa shape index (κ3) is 31700. The summed E-state index contributed by atoms with van der Waals surface area (Å²) in [7, 11) is -8.67. The van der Waals surface area contributed by atoms with Crippen LogP contribution in [0.4, 0.5) is 0 Å². The molecule has 184 valence electrons. The first kappa shape index (κ1) is 132. The lowest BCUT2D eigenvalue weighted by Gasteiger charge is -1.69. The standard InChI is InChI=1S/4BH3O3.11H3N/c4*2-1(3)4;;;;;;;;;;;/h4*2-4H;11*1H3. The van der Waals surface area contributed by atoms with Gasteiger partial charge in [-0.25, -0.2) is 0 Å². The van der Waals surface area contributed by atoms with Crippen LogP contribution >= 0.6 is 0 Å². The maximum atomic E-state index is 7.17. The quantitative estimate of drug-likeness (QED) is 0.157. The van der Waals surface area contributed by atoms with Crippen LogP contribution in [0.2, 0.25) is 0 Å². The highest BCUT2D eigenvalue weighted by molar-refractivity contribution is 6.31. The molecular weight excluding hydrogens is 389 g/mol. The molecule has 0 unspecified atom stereocenters. The van der Waals surface area contributed by atoms with Crippen LogP contribution in [0.25, 0.3) is 0 Å². The van der Waals surface area contributed by atoms with E-state index in [9.17, 15) is 0 Å². The molecule has 0 saturated carbocycles. The molecule has 0 aliphatic carbocycles. The average molecular weight is 435 g/mol. The normalized spacial score (nSPS) is 4.00. The van der Waals surface area contributed by atoms with Gasteiger partial charge >= 0.3 is 29.3 Å². The summed E-state index contributed by atoms with van der Waals surface area (Å²) in [5.41, 5.74) is 0. The van der Waals surface area contributed by atoms with Crippen LogP contribution in [0, 0.1) is 0 Å². The lowest BCUT2D eigenvalue weighted by atomic mass is 10.3. The zero-order chi connectivity index (χ0) is 14.3. The van der Waals surface area contributed by atoms with Crippen LogP contribution in [0.5, 0.6) is 0 Å². The van der Waals surface area contributed by atoms with Crippen molar-refractivity contribution in [3.05, 3.63) is 0 Å². The Morgan fingerprint density at radius 3 is 0.185 bits per heavy atom. The Labute approximate surface area is 158 Å². The number of hydrogen-bond acceptors (Lipinski definition) is 23. The molecule has 0 aromatic carbocycles. The summed E-state index contributed by atoms with van der Waals surface area (Å²) >= 11 is 0. The molecule has 0 saturated heterocycles. The smallest absolute Gasteiger partial charge is 0.402 e. The van der Waals surface area contributed by atoms with Crippen molar-refractivity contribution in [2.75, 3.05) is 0 Å². The largest absolute Gasteiger partial charge is 0.631 e. The minimum absolute atomic E-state index is 0. The van der Waals surface area contributed by atoms with Gasteiger partial charge in [-0.15, -0.1) is 0 Å². The predicted octanol–water partition coefficient (Wildman–Crippen LogP) is -6.43. The van der Waals surface area contributed by atoms with Crippen LogP contribution in [-0.4, -0.2) is 89.6 Å². The van der Waals surface area contributed by atoms with Crippen LogP contribution < -0.4 is 67.7 Å². The fraction of sp³-hybridized carbons (Fsp3) is 0. The number of hydrogen-bond donors (Lipinski definition) is 23. The van der Waals surface area contributed by atoms with Crippen LogP contribution in [0.15, 0.2) is 0 Å². The van der Waals surface area contributed by atoms with E-state index >= 15 is 0 Å². The van der Waals surface area contributed by atoms with Gasteiger partial charge < -0.3 is 128 Å². The first-order valence-corrected chi connectivity index (χ1v) is 3.10. The Kier molecular flexibility index (Phi) is 569. The molecule has 0 aliphatic heterocycles. The highest BCUT2D eigenvalue weighted by Gasteiger charge is 1.93. The maximum absolute atomic E-state index is 7.17. The lowest BCUT2D eigenvalue weighted by molar-refractivity contribution is 0.276. The highest BCUT2D eigenvalue weighted by Crippen LogP contribution is 1.41. The van der Waals surface area contributed by atoms with Gasteiger partial charge in [-0.3, -0.25) is 0 Å². The molecular formula is H45B4N11O12. The van der Waals surface area contributed by atoms with Crippen LogP contribution in [0.1, 0.15) is 0 Å². The first-order valence-electron chi connectivity index (χ1n) is 3.10. The van der Waals surface area contributed by atoms with E-state index in [1.165, 1.54) is 0 Å². The summed E-state index contributed by atoms with van der Waals surface area (Å²) in [6.45, 7) is 0. The predicted molar refractivity (Wildman–Crippen MR) is 105 cm³/mol. The van der Waals surface area contributed by atoms with Gasteiger partial charge in [0.1, 0.15) is 0 Å². The van der Waals surface area contributed by atoms with Crippen molar-refractivity contribution in [2.24, 2.45) is 0 Å². The highest BCUT2D eigenvalue weighted by atomic mass is 16.5. The molecule has 27 heavy (non-hydrogen) atoms. The van der Waals surface area contributed by atoms with Crippen molar-refractivity contribution in [2.45, 2.75) is 0 Å². The summed E-state index contributed by atoms with van der Waals surface area (Å²) in [5, 5.41) is 86.0. The van der Waals surface area contributed by atoms with E-state index in [4.69, 9.17) is 60.3 Å². The van der Waals surface area contributed by atoms with Gasteiger partial charge in [0, 0.05) is 0 Å². The summed E-state index contributed by atoms with van der Waals surface area (Å²) in [5.74, 6) is 0. The van der Waals surface area contributed by atoms with Gasteiger partial charge in [0.2, 0.25) is 0 Å². The monoisotopic (exact) mass is 435 g/mol. The van der Waals surface area contributed by atoms with E-state index in [-0.39, 0.29) is 67.7 Å². The second kappa shape index (κ2) is 117. The molecule has 0 radical (unpaired) electrons. The fourth-order valence-corrected chi connectivity index (χ4v) is 0. The van der Waals surface area contributed by atoms with Crippen molar-refractivity contribution >= 4 is 29.3 Å². The Morgan fingerprint density at radius 2 is 0.185 bits per heavy atom. The van der Waals surface area contributed by atoms with Crippen molar-refractivity contribution in [3.8, 4) is 0 Å². The Morgan fingerprint density at radius 1 is 0.185 bits per heavy atom. The van der Waals surface area contributed by atoms with Crippen LogP contribution in [-0.2, 0) is 0 Å². The molecule has 0 amide bonds. The minimum atomic E-state index is -2.17. The van der Waals surface area contributed by atoms with Crippen LogP contribution in [0.3, 0.4) is 0 Å². The van der Waals surface area contributed by atoms with E-state index in [1.54, 1.807) is 0 Å². The van der Waals surface area contributed by atoms with E-state index in [0.29, 0.717) is 0 Å². The summed E-state index contributed by atoms with van der Waals surface area (Å²) in [4.78, 5) is 0. The lowest BCUT2D eigenvalue weighted by Crippen LogP contribution is -2.07. The van der Waals surface area contributed by atoms with Crippen molar-refractivity contribution in [3.63, 3.8) is 0 Å². The Balaban J connectivity index is -0.00000000482. The average Bonchev–Trinajstić information content (AvgIpc) is 1.76. The van der Waals surface area contributed by atoms with Crippen molar-refractivity contribution < 1.29 is 60.3 Å². The third-order valence-electron chi connectivity index (χ3n) is 0. The molecule has 0 rings (SSSR count). The topological polar surface area (TPSA) is 628 Å². The molecule has 0 atom stereocenters. The van der Waals surface area contributed by atoms with Crippen molar-refractivity contribution in [1.29, 1.82) is 0 Å². The zero-order valence-electron chi connectivity index (χ0n) is 15.5. The van der Waals surface area contributed by atoms with Gasteiger partial charge in [0.15, 0.2) is 0 Å². The van der Waals surface area contributed by atoms with E-state index in [2.05, 4.69) is 0 Å². The molecule has 0 bridgehead atoms. The van der Waals surface area contributed by atoms with Gasteiger partial charge in [-0.05, 0) is 0 Å². The summed E-state index contributed by atoms with van der Waals surface area (Å²) < 4.78 is 0. The molecule has 0 aliphatic rings. The van der Waals surface area contributed by atoms with E-state index < -0.39 is 29.3 Å². The molecule has 45 N–H and O–H groups in total. The van der Waals surface area contributed by atoms with Gasteiger partial charge in [0.05, 0.1) is 0 Å². The number of rotatable bonds is 0. The molecule has 0 spiro atoms. The molecule has 0 aromatic heterocycles. The molecule has 0 heterocycles. The van der Waals surface area contributed by atoms with E-state index in [1.807, 2.05) is 0 Å².